The second-order valence-electron chi connectivity index (χ2n) is 3.84. The fourth-order valence-corrected chi connectivity index (χ4v) is 2.04. The zero-order chi connectivity index (χ0) is 13.4. The quantitative estimate of drug-likeness (QED) is 0.555. The Balaban J connectivity index is 2.99. The van der Waals surface area contributed by atoms with E-state index < -0.39 is 0 Å². The second-order valence-corrected chi connectivity index (χ2v) is 4.61. The summed E-state index contributed by atoms with van der Waals surface area (Å²) in [7, 11) is 0. The summed E-state index contributed by atoms with van der Waals surface area (Å²) in [6.07, 6.45) is 2.99. The molecule has 0 aromatic carbocycles. The molecule has 102 valence electrons. The van der Waals surface area contributed by atoms with Gasteiger partial charge in [-0.3, -0.25) is 0 Å². The molecule has 0 aliphatic heterocycles. The molecule has 5 nitrogen and oxygen atoms in total. The van der Waals surface area contributed by atoms with E-state index in [1.807, 2.05) is 19.2 Å². The summed E-state index contributed by atoms with van der Waals surface area (Å²) in [5.41, 5.74) is 0. The van der Waals surface area contributed by atoms with Gasteiger partial charge in [0.05, 0.1) is 6.61 Å². The molecule has 1 rings (SSSR count). The molecule has 6 heteroatoms. The average molecular weight is 270 g/mol. The van der Waals surface area contributed by atoms with E-state index in [-0.39, 0.29) is 6.61 Å². The molecule has 1 heterocycles. The van der Waals surface area contributed by atoms with Crippen LogP contribution in [-0.4, -0.2) is 47.6 Å². The van der Waals surface area contributed by atoms with Gasteiger partial charge < -0.3 is 15.3 Å². The molecule has 18 heavy (non-hydrogen) atoms. The molecular formula is C12H22N4OS. The molecule has 0 amide bonds. The molecule has 0 atom stereocenters. The van der Waals surface area contributed by atoms with Crippen molar-refractivity contribution >= 4 is 23.4 Å². The standard InChI is InChI=1S/C12H22N4OS/c1-4-6-16(7-8-17)11-9-10(13-5-2)14-12(15-11)18-3/h9,17H,4-8H2,1-3H3,(H,13,14,15). The monoisotopic (exact) mass is 270 g/mol. The van der Waals surface area contributed by atoms with E-state index in [4.69, 9.17) is 5.11 Å². The predicted molar refractivity (Wildman–Crippen MR) is 77.6 cm³/mol. The fourth-order valence-electron chi connectivity index (χ4n) is 1.67. The van der Waals surface area contributed by atoms with E-state index in [0.717, 1.165) is 36.3 Å². The Morgan fingerprint density at radius 2 is 2.11 bits per heavy atom. The number of aliphatic hydroxyl groups is 1. The van der Waals surface area contributed by atoms with Gasteiger partial charge in [0.2, 0.25) is 0 Å². The van der Waals surface area contributed by atoms with Crippen LogP contribution in [0, 0.1) is 0 Å². The molecule has 0 aliphatic carbocycles. The van der Waals surface area contributed by atoms with Gasteiger partial charge in [0.1, 0.15) is 11.6 Å². The van der Waals surface area contributed by atoms with Gasteiger partial charge in [-0.2, -0.15) is 0 Å². The van der Waals surface area contributed by atoms with Crippen molar-refractivity contribution in [2.45, 2.75) is 25.4 Å². The lowest BCUT2D eigenvalue weighted by Crippen LogP contribution is -2.28. The third kappa shape index (κ3) is 4.34. The Hall–Kier alpha value is -1.01. The number of nitrogens with one attached hydrogen (secondary N) is 1. The van der Waals surface area contributed by atoms with E-state index in [1.54, 1.807) is 0 Å². The highest BCUT2D eigenvalue weighted by molar-refractivity contribution is 7.98. The molecule has 2 N–H and O–H groups in total. The van der Waals surface area contributed by atoms with Gasteiger partial charge in [-0.15, -0.1) is 0 Å². The number of hydrogen-bond donors (Lipinski definition) is 2. The summed E-state index contributed by atoms with van der Waals surface area (Å²) < 4.78 is 0. The minimum absolute atomic E-state index is 0.134. The van der Waals surface area contributed by atoms with Crippen LogP contribution in [0.1, 0.15) is 20.3 Å². The minimum Gasteiger partial charge on any atom is -0.395 e. The third-order valence-electron chi connectivity index (χ3n) is 2.42. The summed E-state index contributed by atoms with van der Waals surface area (Å²) >= 11 is 1.53. The number of aliphatic hydroxyl groups excluding tert-OH is 1. The predicted octanol–water partition coefficient (Wildman–Crippen LogP) is 1.84. The van der Waals surface area contributed by atoms with Crippen LogP contribution in [0.3, 0.4) is 0 Å². The normalized spacial score (nSPS) is 10.4. The van der Waals surface area contributed by atoms with Gasteiger partial charge >= 0.3 is 0 Å². The van der Waals surface area contributed by atoms with E-state index in [2.05, 4.69) is 27.1 Å². The van der Waals surface area contributed by atoms with Crippen molar-refractivity contribution < 1.29 is 5.11 Å². The lowest BCUT2D eigenvalue weighted by atomic mass is 10.3. The van der Waals surface area contributed by atoms with Gasteiger partial charge in [-0.05, 0) is 19.6 Å². The first kappa shape index (κ1) is 15.0. The summed E-state index contributed by atoms with van der Waals surface area (Å²) in [5.74, 6) is 1.71. The van der Waals surface area contributed by atoms with Crippen molar-refractivity contribution in [2.75, 3.05) is 42.7 Å². The summed E-state index contributed by atoms with van der Waals surface area (Å²) in [6.45, 7) is 6.61. The first-order valence-electron chi connectivity index (χ1n) is 6.27. The van der Waals surface area contributed by atoms with E-state index in [9.17, 15) is 0 Å². The molecule has 0 aliphatic rings. The lowest BCUT2D eigenvalue weighted by molar-refractivity contribution is 0.301. The first-order valence-corrected chi connectivity index (χ1v) is 7.50. The number of rotatable bonds is 8. The summed E-state index contributed by atoms with van der Waals surface area (Å²) in [6, 6.07) is 1.94. The van der Waals surface area contributed by atoms with Crippen molar-refractivity contribution in [2.24, 2.45) is 0 Å². The Morgan fingerprint density at radius 3 is 2.67 bits per heavy atom. The van der Waals surface area contributed by atoms with E-state index >= 15 is 0 Å². The third-order valence-corrected chi connectivity index (χ3v) is 2.97. The van der Waals surface area contributed by atoms with E-state index in [0.29, 0.717) is 6.54 Å². The first-order chi connectivity index (χ1) is 8.74. The van der Waals surface area contributed by atoms with Crippen molar-refractivity contribution in [3.8, 4) is 0 Å². The van der Waals surface area contributed by atoms with Crippen LogP contribution in [0.5, 0.6) is 0 Å². The Morgan fingerprint density at radius 1 is 1.33 bits per heavy atom. The maximum atomic E-state index is 9.12. The zero-order valence-electron chi connectivity index (χ0n) is 11.3. The maximum absolute atomic E-state index is 9.12. The summed E-state index contributed by atoms with van der Waals surface area (Å²) in [5, 5.41) is 13.1. The molecule has 0 spiro atoms. The molecule has 0 bridgehead atoms. The van der Waals surface area contributed by atoms with Gasteiger partial charge in [0, 0.05) is 25.7 Å². The number of hydrogen-bond acceptors (Lipinski definition) is 6. The minimum atomic E-state index is 0.134. The highest BCUT2D eigenvalue weighted by Gasteiger charge is 2.10. The van der Waals surface area contributed by atoms with Crippen LogP contribution in [0.25, 0.3) is 0 Å². The molecule has 0 saturated heterocycles. The Kier molecular flexibility index (Phi) is 6.82. The van der Waals surface area contributed by atoms with Crippen molar-refractivity contribution in [3.63, 3.8) is 0 Å². The highest BCUT2D eigenvalue weighted by Crippen LogP contribution is 2.20. The average Bonchev–Trinajstić information content (AvgIpc) is 2.38. The van der Waals surface area contributed by atoms with Crippen molar-refractivity contribution in [1.82, 2.24) is 9.97 Å². The van der Waals surface area contributed by atoms with Crippen LogP contribution in [-0.2, 0) is 0 Å². The topological polar surface area (TPSA) is 61.3 Å². The zero-order valence-corrected chi connectivity index (χ0v) is 12.1. The number of anilines is 2. The molecule has 0 unspecified atom stereocenters. The second kappa shape index (κ2) is 8.16. The van der Waals surface area contributed by atoms with Crippen LogP contribution in [0.4, 0.5) is 11.6 Å². The van der Waals surface area contributed by atoms with Crippen LogP contribution >= 0.6 is 11.8 Å². The van der Waals surface area contributed by atoms with Gasteiger partial charge in [-0.1, -0.05) is 18.7 Å². The summed E-state index contributed by atoms with van der Waals surface area (Å²) in [4.78, 5) is 11.0. The van der Waals surface area contributed by atoms with Gasteiger partial charge in [0.15, 0.2) is 5.16 Å². The van der Waals surface area contributed by atoms with Crippen LogP contribution < -0.4 is 10.2 Å². The van der Waals surface area contributed by atoms with Crippen molar-refractivity contribution in [1.29, 1.82) is 0 Å². The molecule has 0 fully saturated rings. The largest absolute Gasteiger partial charge is 0.395 e. The van der Waals surface area contributed by atoms with Gasteiger partial charge in [0.25, 0.3) is 0 Å². The molecular weight excluding hydrogens is 248 g/mol. The number of thioether (sulfide) groups is 1. The van der Waals surface area contributed by atoms with Crippen LogP contribution in [0.2, 0.25) is 0 Å². The fraction of sp³-hybridized carbons (Fsp3) is 0.667. The SMILES string of the molecule is CCCN(CCO)c1cc(NCC)nc(SC)n1. The highest BCUT2D eigenvalue weighted by atomic mass is 32.2. The lowest BCUT2D eigenvalue weighted by Gasteiger charge is -2.23. The molecule has 1 aromatic rings. The van der Waals surface area contributed by atoms with Crippen molar-refractivity contribution in [3.05, 3.63) is 6.07 Å². The van der Waals surface area contributed by atoms with Crippen LogP contribution in [0.15, 0.2) is 11.2 Å². The number of nitrogens with zero attached hydrogens (tertiary/aromatic N) is 3. The number of aromatic nitrogens is 2. The van der Waals surface area contributed by atoms with E-state index in [1.165, 1.54) is 11.8 Å². The molecule has 0 radical (unpaired) electrons. The van der Waals surface area contributed by atoms with Gasteiger partial charge in [-0.25, -0.2) is 9.97 Å². The Labute approximate surface area is 113 Å². The molecule has 0 saturated carbocycles. The smallest absolute Gasteiger partial charge is 0.191 e. The molecule has 1 aromatic heterocycles. The maximum Gasteiger partial charge on any atom is 0.191 e. The Bertz CT molecular complexity index is 356.